The Morgan fingerprint density at radius 2 is 1.78 bits per heavy atom. The molecular formula is C16H23ClO. The zero-order valence-electron chi connectivity index (χ0n) is 11.4. The van der Waals surface area contributed by atoms with Gasteiger partial charge in [0.1, 0.15) is 5.75 Å². The number of benzene rings is 1. The van der Waals surface area contributed by atoms with Gasteiger partial charge < -0.3 is 4.74 Å². The van der Waals surface area contributed by atoms with Gasteiger partial charge in [0.05, 0.1) is 7.11 Å². The van der Waals surface area contributed by atoms with Crippen molar-refractivity contribution >= 4 is 11.6 Å². The van der Waals surface area contributed by atoms with Gasteiger partial charge in [0.15, 0.2) is 0 Å². The van der Waals surface area contributed by atoms with E-state index in [-0.39, 0.29) is 5.38 Å². The van der Waals surface area contributed by atoms with Gasteiger partial charge in [0.25, 0.3) is 0 Å². The Bertz CT molecular complexity index is 365. The second kappa shape index (κ2) is 5.97. The highest BCUT2D eigenvalue weighted by atomic mass is 35.5. The highest BCUT2D eigenvalue weighted by molar-refractivity contribution is 6.21. The van der Waals surface area contributed by atoms with Crippen molar-refractivity contribution in [1.29, 1.82) is 0 Å². The maximum atomic E-state index is 6.68. The summed E-state index contributed by atoms with van der Waals surface area (Å²) in [6, 6.07) is 8.28. The van der Waals surface area contributed by atoms with Crippen LogP contribution in [0.1, 0.15) is 44.6 Å². The maximum absolute atomic E-state index is 6.68. The number of alkyl halides is 1. The van der Waals surface area contributed by atoms with Crippen LogP contribution in [0.25, 0.3) is 0 Å². The number of ether oxygens (including phenoxy) is 1. The second-order valence-electron chi connectivity index (χ2n) is 5.73. The zero-order chi connectivity index (χ0) is 13.0. The Hall–Kier alpha value is -0.690. The maximum Gasteiger partial charge on any atom is 0.118 e. The third-order valence-electron chi connectivity index (χ3n) is 4.33. The summed E-state index contributed by atoms with van der Waals surface area (Å²) in [6.07, 6.45) is 7.56. The normalized spacial score (nSPS) is 20.4. The average molecular weight is 267 g/mol. The fourth-order valence-corrected chi connectivity index (χ4v) is 3.28. The van der Waals surface area contributed by atoms with E-state index < -0.39 is 0 Å². The van der Waals surface area contributed by atoms with Crippen LogP contribution in [0.4, 0.5) is 0 Å². The number of hydrogen-bond acceptors (Lipinski definition) is 1. The molecule has 1 fully saturated rings. The molecule has 0 saturated heterocycles. The minimum absolute atomic E-state index is 0.242. The van der Waals surface area contributed by atoms with Crippen LogP contribution in [0.2, 0.25) is 0 Å². The molecule has 2 heteroatoms. The molecule has 0 spiro atoms. The van der Waals surface area contributed by atoms with Crippen molar-refractivity contribution in [3.05, 3.63) is 29.8 Å². The van der Waals surface area contributed by atoms with Crippen molar-refractivity contribution in [1.82, 2.24) is 0 Å². The van der Waals surface area contributed by atoms with Crippen LogP contribution < -0.4 is 4.74 Å². The van der Waals surface area contributed by atoms with Gasteiger partial charge in [-0.05, 0) is 42.4 Å². The first-order valence-electron chi connectivity index (χ1n) is 6.91. The van der Waals surface area contributed by atoms with E-state index >= 15 is 0 Å². The molecule has 0 amide bonds. The molecule has 1 aromatic rings. The minimum Gasteiger partial charge on any atom is -0.497 e. The van der Waals surface area contributed by atoms with Gasteiger partial charge in [-0.2, -0.15) is 0 Å². The molecule has 1 aliphatic rings. The van der Waals surface area contributed by atoms with Gasteiger partial charge in [-0.1, -0.05) is 38.3 Å². The molecule has 100 valence electrons. The van der Waals surface area contributed by atoms with Crippen LogP contribution in [0.15, 0.2) is 24.3 Å². The topological polar surface area (TPSA) is 9.23 Å². The van der Waals surface area contributed by atoms with Crippen molar-refractivity contribution in [2.75, 3.05) is 7.11 Å². The van der Waals surface area contributed by atoms with E-state index in [0.717, 1.165) is 12.2 Å². The SMILES string of the molecule is COc1ccc(CC(Cl)C2(C)CCCCC2)cc1. The van der Waals surface area contributed by atoms with Crippen molar-refractivity contribution in [3.63, 3.8) is 0 Å². The van der Waals surface area contributed by atoms with Crippen LogP contribution >= 0.6 is 11.6 Å². The number of methoxy groups -OCH3 is 1. The minimum atomic E-state index is 0.242. The van der Waals surface area contributed by atoms with E-state index in [0.29, 0.717) is 5.41 Å². The van der Waals surface area contributed by atoms with E-state index in [9.17, 15) is 0 Å². The lowest BCUT2D eigenvalue weighted by Crippen LogP contribution is -2.32. The number of hydrogen-bond donors (Lipinski definition) is 0. The predicted molar refractivity (Wildman–Crippen MR) is 77.5 cm³/mol. The zero-order valence-corrected chi connectivity index (χ0v) is 12.2. The first kappa shape index (κ1) is 13.7. The van der Waals surface area contributed by atoms with Gasteiger partial charge in [-0.3, -0.25) is 0 Å². The summed E-state index contributed by atoms with van der Waals surface area (Å²) < 4.78 is 5.18. The van der Waals surface area contributed by atoms with Crippen molar-refractivity contribution < 1.29 is 4.74 Å². The number of halogens is 1. The molecule has 1 aromatic carbocycles. The summed E-state index contributed by atoms with van der Waals surface area (Å²) in [5, 5.41) is 0.242. The second-order valence-corrected chi connectivity index (χ2v) is 6.26. The molecule has 0 aliphatic heterocycles. The Morgan fingerprint density at radius 1 is 1.17 bits per heavy atom. The standard InChI is InChI=1S/C16H23ClO/c1-16(10-4-3-5-11-16)15(17)12-13-6-8-14(18-2)9-7-13/h6-9,15H,3-5,10-12H2,1-2H3. The summed E-state index contributed by atoms with van der Waals surface area (Å²) in [5.74, 6) is 0.911. The lowest BCUT2D eigenvalue weighted by atomic mass is 9.72. The first-order chi connectivity index (χ1) is 8.64. The summed E-state index contributed by atoms with van der Waals surface area (Å²) in [6.45, 7) is 2.35. The van der Waals surface area contributed by atoms with E-state index in [1.54, 1.807) is 7.11 Å². The van der Waals surface area contributed by atoms with Crippen molar-refractivity contribution in [3.8, 4) is 5.75 Å². The van der Waals surface area contributed by atoms with Crippen LogP contribution in [-0.4, -0.2) is 12.5 Å². The summed E-state index contributed by atoms with van der Waals surface area (Å²) in [5.41, 5.74) is 1.63. The van der Waals surface area contributed by atoms with Crippen LogP contribution in [0.3, 0.4) is 0 Å². The van der Waals surface area contributed by atoms with Crippen molar-refractivity contribution in [2.24, 2.45) is 5.41 Å². The molecule has 0 aromatic heterocycles. The summed E-state index contributed by atoms with van der Waals surface area (Å²) in [7, 11) is 1.70. The molecule has 1 saturated carbocycles. The van der Waals surface area contributed by atoms with E-state index in [2.05, 4.69) is 19.1 Å². The van der Waals surface area contributed by atoms with Gasteiger partial charge in [0.2, 0.25) is 0 Å². The monoisotopic (exact) mass is 266 g/mol. The van der Waals surface area contributed by atoms with Gasteiger partial charge >= 0.3 is 0 Å². The molecule has 0 radical (unpaired) electrons. The summed E-state index contributed by atoms with van der Waals surface area (Å²) in [4.78, 5) is 0. The van der Waals surface area contributed by atoms with Crippen LogP contribution in [0, 0.1) is 5.41 Å². The van der Waals surface area contributed by atoms with Gasteiger partial charge in [-0.15, -0.1) is 11.6 Å². The van der Waals surface area contributed by atoms with Gasteiger partial charge in [0, 0.05) is 5.38 Å². The van der Waals surface area contributed by atoms with Crippen LogP contribution in [0.5, 0.6) is 5.75 Å². The third-order valence-corrected chi connectivity index (χ3v) is 5.01. The molecular weight excluding hydrogens is 244 g/mol. The fourth-order valence-electron chi connectivity index (χ4n) is 2.89. The quantitative estimate of drug-likeness (QED) is 0.710. The Morgan fingerprint density at radius 3 is 2.33 bits per heavy atom. The molecule has 1 unspecified atom stereocenters. The molecule has 0 N–H and O–H groups in total. The smallest absolute Gasteiger partial charge is 0.118 e. The fraction of sp³-hybridized carbons (Fsp3) is 0.625. The molecule has 1 aliphatic carbocycles. The molecule has 18 heavy (non-hydrogen) atoms. The highest BCUT2D eigenvalue weighted by Gasteiger charge is 2.34. The van der Waals surface area contributed by atoms with E-state index in [1.165, 1.54) is 37.7 Å². The summed E-state index contributed by atoms with van der Waals surface area (Å²) >= 11 is 6.68. The molecule has 0 heterocycles. The van der Waals surface area contributed by atoms with Gasteiger partial charge in [-0.25, -0.2) is 0 Å². The largest absolute Gasteiger partial charge is 0.497 e. The Kier molecular flexibility index (Phi) is 4.55. The highest BCUT2D eigenvalue weighted by Crippen LogP contribution is 2.42. The lowest BCUT2D eigenvalue weighted by molar-refractivity contribution is 0.205. The van der Waals surface area contributed by atoms with E-state index in [4.69, 9.17) is 16.3 Å². The average Bonchev–Trinajstić information content (AvgIpc) is 2.40. The molecule has 1 nitrogen and oxygen atoms in total. The Labute approximate surface area is 115 Å². The predicted octanol–water partition coefficient (Wildman–Crippen LogP) is 4.82. The lowest BCUT2D eigenvalue weighted by Gasteiger charge is -2.37. The van der Waals surface area contributed by atoms with Crippen molar-refractivity contribution in [2.45, 2.75) is 50.8 Å². The third kappa shape index (κ3) is 3.20. The Balaban J connectivity index is 1.98. The number of rotatable bonds is 4. The molecule has 2 rings (SSSR count). The molecule has 1 atom stereocenters. The first-order valence-corrected chi connectivity index (χ1v) is 7.35. The van der Waals surface area contributed by atoms with Crippen LogP contribution in [-0.2, 0) is 6.42 Å². The molecule has 0 bridgehead atoms. The van der Waals surface area contributed by atoms with E-state index in [1.807, 2.05) is 12.1 Å².